The predicted octanol–water partition coefficient (Wildman–Crippen LogP) is 1.93. The van der Waals surface area contributed by atoms with Gasteiger partial charge in [-0.05, 0) is 19.1 Å². The molecule has 28 heavy (non-hydrogen) atoms. The van der Waals surface area contributed by atoms with Gasteiger partial charge in [0.2, 0.25) is 5.91 Å². The minimum Gasteiger partial charge on any atom is -0.360 e. The summed E-state index contributed by atoms with van der Waals surface area (Å²) in [6.07, 6.45) is 4.00. The highest BCUT2D eigenvalue weighted by Crippen LogP contribution is 2.12. The van der Waals surface area contributed by atoms with E-state index in [9.17, 15) is 4.79 Å². The van der Waals surface area contributed by atoms with Gasteiger partial charge in [-0.3, -0.25) is 14.6 Å². The zero-order chi connectivity index (χ0) is 19.3. The number of hydrogen-bond donors (Lipinski definition) is 1. The largest absolute Gasteiger partial charge is 0.360 e. The molecule has 8 nitrogen and oxygen atoms in total. The van der Waals surface area contributed by atoms with Crippen LogP contribution in [-0.2, 0) is 11.3 Å². The molecule has 8 heteroatoms. The summed E-state index contributed by atoms with van der Waals surface area (Å²) in [5, 5.41) is 11.0. The summed E-state index contributed by atoms with van der Waals surface area (Å²) in [5.74, 6) is 1.09. The zero-order valence-electron chi connectivity index (χ0n) is 15.9. The number of piperazine rings is 1. The van der Waals surface area contributed by atoms with Crippen LogP contribution < -0.4 is 5.32 Å². The molecule has 4 rings (SSSR count). The van der Waals surface area contributed by atoms with Crippen LogP contribution in [0.5, 0.6) is 0 Å². The smallest absolute Gasteiger partial charge is 0.239 e. The number of anilines is 1. The van der Waals surface area contributed by atoms with Crippen molar-refractivity contribution in [2.45, 2.75) is 13.5 Å². The molecule has 1 N–H and O–H groups in total. The van der Waals surface area contributed by atoms with E-state index in [2.05, 4.69) is 31.6 Å². The van der Waals surface area contributed by atoms with Crippen LogP contribution in [0.4, 0.5) is 5.82 Å². The van der Waals surface area contributed by atoms with Crippen molar-refractivity contribution in [2.24, 2.45) is 0 Å². The number of aromatic nitrogens is 3. The number of para-hydroxylation sites is 1. The molecule has 0 atom stereocenters. The van der Waals surface area contributed by atoms with Crippen molar-refractivity contribution >= 4 is 11.7 Å². The van der Waals surface area contributed by atoms with Crippen LogP contribution in [0.2, 0.25) is 0 Å². The first-order valence-corrected chi connectivity index (χ1v) is 9.42. The van der Waals surface area contributed by atoms with Gasteiger partial charge in [-0.1, -0.05) is 23.4 Å². The quantitative estimate of drug-likeness (QED) is 0.704. The van der Waals surface area contributed by atoms with E-state index < -0.39 is 0 Å². The fourth-order valence-corrected chi connectivity index (χ4v) is 3.34. The van der Waals surface area contributed by atoms with Gasteiger partial charge in [0.15, 0.2) is 5.82 Å². The second-order valence-corrected chi connectivity index (χ2v) is 7.05. The third-order valence-electron chi connectivity index (χ3n) is 4.79. The predicted molar refractivity (Wildman–Crippen MR) is 105 cm³/mol. The summed E-state index contributed by atoms with van der Waals surface area (Å²) in [7, 11) is 0. The highest BCUT2D eigenvalue weighted by atomic mass is 16.5. The fourth-order valence-electron chi connectivity index (χ4n) is 3.34. The molecular formula is C20H24N6O2. The van der Waals surface area contributed by atoms with Crippen LogP contribution in [-0.4, -0.2) is 63.4 Å². The lowest BCUT2D eigenvalue weighted by Crippen LogP contribution is -2.48. The molecule has 1 aliphatic heterocycles. The summed E-state index contributed by atoms with van der Waals surface area (Å²) >= 11 is 0. The van der Waals surface area contributed by atoms with Gasteiger partial charge in [-0.2, -0.15) is 5.10 Å². The molecule has 146 valence electrons. The molecule has 3 aromatic rings. The van der Waals surface area contributed by atoms with Crippen molar-refractivity contribution < 1.29 is 9.32 Å². The molecule has 1 aliphatic rings. The molecule has 0 unspecified atom stereocenters. The van der Waals surface area contributed by atoms with E-state index in [-0.39, 0.29) is 5.91 Å². The van der Waals surface area contributed by atoms with E-state index in [1.165, 1.54) is 5.56 Å². The number of carbonyl (C=O) groups excluding carboxylic acids is 1. The third kappa shape index (κ3) is 4.65. The van der Waals surface area contributed by atoms with Gasteiger partial charge in [0.05, 0.1) is 18.4 Å². The van der Waals surface area contributed by atoms with Gasteiger partial charge in [0.1, 0.15) is 5.76 Å². The number of carbonyl (C=O) groups is 1. The average Bonchev–Trinajstić information content (AvgIpc) is 3.33. The highest BCUT2D eigenvalue weighted by molar-refractivity contribution is 5.91. The molecule has 0 aliphatic carbocycles. The molecule has 0 radical (unpaired) electrons. The van der Waals surface area contributed by atoms with Crippen LogP contribution in [0.15, 0.2) is 53.3 Å². The number of nitrogens with zero attached hydrogens (tertiary/aromatic N) is 5. The Hall–Kier alpha value is -2.97. The zero-order valence-corrected chi connectivity index (χ0v) is 15.9. The van der Waals surface area contributed by atoms with Crippen molar-refractivity contribution in [2.75, 3.05) is 38.0 Å². The van der Waals surface area contributed by atoms with Gasteiger partial charge in [-0.25, -0.2) is 4.68 Å². The minimum absolute atomic E-state index is 0.0640. The monoisotopic (exact) mass is 380 g/mol. The number of benzene rings is 1. The van der Waals surface area contributed by atoms with Crippen LogP contribution in [0.3, 0.4) is 0 Å². The molecular weight excluding hydrogens is 356 g/mol. The first-order chi connectivity index (χ1) is 13.7. The number of amides is 1. The summed E-state index contributed by atoms with van der Waals surface area (Å²) in [5.41, 5.74) is 2.25. The lowest BCUT2D eigenvalue weighted by Gasteiger charge is -2.33. The van der Waals surface area contributed by atoms with Crippen molar-refractivity contribution in [3.63, 3.8) is 0 Å². The maximum Gasteiger partial charge on any atom is 0.239 e. The molecule has 2 aromatic heterocycles. The molecule has 1 saturated heterocycles. The van der Waals surface area contributed by atoms with E-state index in [1.54, 1.807) is 13.0 Å². The van der Waals surface area contributed by atoms with E-state index in [4.69, 9.17) is 4.52 Å². The Bertz CT molecular complexity index is 912. The highest BCUT2D eigenvalue weighted by Gasteiger charge is 2.20. The summed E-state index contributed by atoms with van der Waals surface area (Å²) < 4.78 is 6.87. The van der Waals surface area contributed by atoms with Crippen LogP contribution in [0, 0.1) is 6.92 Å². The Morgan fingerprint density at radius 3 is 2.61 bits per heavy atom. The van der Waals surface area contributed by atoms with E-state index >= 15 is 0 Å². The molecule has 1 aromatic carbocycles. The Kier molecular flexibility index (Phi) is 5.50. The first-order valence-electron chi connectivity index (χ1n) is 9.42. The molecule has 0 spiro atoms. The Morgan fingerprint density at radius 1 is 1.14 bits per heavy atom. The van der Waals surface area contributed by atoms with Gasteiger partial charge >= 0.3 is 0 Å². The minimum atomic E-state index is -0.0640. The number of nitrogens with one attached hydrogen (secondary N) is 1. The van der Waals surface area contributed by atoms with Gasteiger partial charge in [0, 0.05) is 50.6 Å². The van der Waals surface area contributed by atoms with Crippen molar-refractivity contribution in [1.29, 1.82) is 0 Å². The standard InChI is InChI=1S/C20H24N6O2/c1-16-11-19(23-28-16)22-20(27)15-25-9-7-24(8-10-25)13-17-12-21-26(14-17)18-5-3-2-4-6-18/h2-6,11-12,14H,7-10,13,15H2,1H3,(H,22,23,27). The molecule has 3 heterocycles. The number of rotatable bonds is 6. The van der Waals surface area contributed by atoms with E-state index in [0.717, 1.165) is 38.4 Å². The molecule has 0 bridgehead atoms. The number of aryl methyl sites for hydroxylation is 1. The molecule has 0 saturated carbocycles. The van der Waals surface area contributed by atoms with E-state index in [0.29, 0.717) is 18.1 Å². The Balaban J connectivity index is 1.23. The topological polar surface area (TPSA) is 79.4 Å². The summed E-state index contributed by atoms with van der Waals surface area (Å²) in [4.78, 5) is 16.7. The van der Waals surface area contributed by atoms with Crippen LogP contribution in [0.25, 0.3) is 5.69 Å². The van der Waals surface area contributed by atoms with E-state index in [1.807, 2.05) is 41.2 Å². The maximum absolute atomic E-state index is 12.1. The Morgan fingerprint density at radius 2 is 1.89 bits per heavy atom. The molecule has 1 fully saturated rings. The lowest BCUT2D eigenvalue weighted by atomic mass is 10.2. The first kappa shape index (κ1) is 18.4. The average molecular weight is 380 g/mol. The van der Waals surface area contributed by atoms with Crippen LogP contribution >= 0.6 is 0 Å². The Labute approximate surface area is 163 Å². The van der Waals surface area contributed by atoms with Gasteiger partial charge < -0.3 is 9.84 Å². The van der Waals surface area contributed by atoms with Crippen molar-refractivity contribution in [3.05, 3.63) is 60.1 Å². The normalized spacial score (nSPS) is 15.6. The summed E-state index contributed by atoms with van der Waals surface area (Å²) in [6.45, 7) is 6.60. The van der Waals surface area contributed by atoms with Crippen molar-refractivity contribution in [1.82, 2.24) is 24.7 Å². The van der Waals surface area contributed by atoms with Crippen LogP contribution in [0.1, 0.15) is 11.3 Å². The third-order valence-corrected chi connectivity index (χ3v) is 4.79. The van der Waals surface area contributed by atoms with Gasteiger partial charge in [0.25, 0.3) is 0 Å². The SMILES string of the molecule is Cc1cc(NC(=O)CN2CCN(Cc3cnn(-c4ccccc4)c3)CC2)no1. The second-order valence-electron chi connectivity index (χ2n) is 7.05. The molecule has 1 amide bonds. The maximum atomic E-state index is 12.1. The number of hydrogen-bond acceptors (Lipinski definition) is 6. The second kappa shape index (κ2) is 8.37. The van der Waals surface area contributed by atoms with Gasteiger partial charge in [-0.15, -0.1) is 0 Å². The summed E-state index contributed by atoms with van der Waals surface area (Å²) in [6, 6.07) is 11.8. The van der Waals surface area contributed by atoms with Crippen molar-refractivity contribution in [3.8, 4) is 5.69 Å². The fraction of sp³-hybridized carbons (Fsp3) is 0.350. The lowest BCUT2D eigenvalue weighted by molar-refractivity contribution is -0.117.